The fourth-order valence-corrected chi connectivity index (χ4v) is 0.683. The predicted octanol–water partition coefficient (Wildman–Crippen LogP) is 0.575. The number of hydrogen-bond acceptors (Lipinski definition) is 2. The first-order chi connectivity index (χ1) is 3.39. The summed E-state index contributed by atoms with van der Waals surface area (Å²) in [5, 5.41) is 3.46. The molecule has 3 heteroatoms. The topological polar surface area (TPSA) is 24.4 Å². The molecule has 0 saturated heterocycles. The van der Waals surface area contributed by atoms with Crippen molar-refractivity contribution < 1.29 is 0 Å². The monoisotopic (exact) mass is 118 g/mol. The Kier molecular flexibility index (Phi) is 1.52. The Labute approximate surface area is 47.6 Å². The molecule has 0 aromatic carbocycles. The van der Waals surface area contributed by atoms with Crippen molar-refractivity contribution in [2.75, 3.05) is 13.1 Å². The van der Waals surface area contributed by atoms with E-state index in [2.05, 4.69) is 10.3 Å². The van der Waals surface area contributed by atoms with E-state index in [1.54, 1.807) is 0 Å². The summed E-state index contributed by atoms with van der Waals surface area (Å²) < 4.78 is 0. The van der Waals surface area contributed by atoms with Gasteiger partial charge in [0.15, 0.2) is 5.29 Å². The smallest absolute Gasteiger partial charge is 0.191 e. The second-order valence-electron chi connectivity index (χ2n) is 1.45. The summed E-state index contributed by atoms with van der Waals surface area (Å²) in [6, 6.07) is 0. The minimum Gasteiger partial charge on any atom is -0.361 e. The number of nitrogens with zero attached hydrogens (tertiary/aromatic N) is 1. The molecule has 0 amide bonds. The molecule has 0 spiro atoms. The van der Waals surface area contributed by atoms with Crippen LogP contribution in [0.5, 0.6) is 0 Å². The molecule has 1 aliphatic rings. The van der Waals surface area contributed by atoms with Crippen molar-refractivity contribution in [3.05, 3.63) is 0 Å². The third-order valence-corrected chi connectivity index (χ3v) is 1.11. The second kappa shape index (κ2) is 2.17. The van der Waals surface area contributed by atoms with Gasteiger partial charge in [-0.3, -0.25) is 4.99 Å². The van der Waals surface area contributed by atoms with E-state index in [4.69, 9.17) is 11.6 Å². The normalized spacial score (nSPS) is 20.4. The number of amidine groups is 1. The van der Waals surface area contributed by atoms with Crippen LogP contribution in [-0.4, -0.2) is 18.4 Å². The van der Waals surface area contributed by atoms with Gasteiger partial charge in [0, 0.05) is 13.1 Å². The maximum atomic E-state index is 5.46. The summed E-state index contributed by atoms with van der Waals surface area (Å²) in [6.07, 6.45) is 1.11. The van der Waals surface area contributed by atoms with Gasteiger partial charge in [-0.15, -0.1) is 0 Å². The first kappa shape index (κ1) is 4.91. The molecule has 0 saturated carbocycles. The van der Waals surface area contributed by atoms with E-state index in [1.807, 2.05) is 0 Å². The van der Waals surface area contributed by atoms with Gasteiger partial charge < -0.3 is 5.32 Å². The van der Waals surface area contributed by atoms with Crippen molar-refractivity contribution in [2.24, 2.45) is 4.99 Å². The van der Waals surface area contributed by atoms with Gasteiger partial charge in [-0.1, -0.05) is 0 Å². The molecular weight excluding hydrogens is 112 g/mol. The lowest BCUT2D eigenvalue weighted by molar-refractivity contribution is 0.750. The summed E-state index contributed by atoms with van der Waals surface area (Å²) in [5.74, 6) is 0. The van der Waals surface area contributed by atoms with Crippen molar-refractivity contribution in [1.29, 1.82) is 0 Å². The van der Waals surface area contributed by atoms with Gasteiger partial charge in [-0.25, -0.2) is 0 Å². The molecule has 0 unspecified atom stereocenters. The highest BCUT2D eigenvalue weighted by molar-refractivity contribution is 6.64. The summed E-state index contributed by atoms with van der Waals surface area (Å²) in [5.41, 5.74) is 0. The molecule has 40 valence electrons. The molecule has 0 radical (unpaired) electrons. The molecule has 2 nitrogen and oxygen atoms in total. The number of halogens is 1. The lowest BCUT2D eigenvalue weighted by atomic mass is 10.4. The zero-order chi connectivity index (χ0) is 5.11. The number of rotatable bonds is 0. The van der Waals surface area contributed by atoms with Crippen LogP contribution in [0.1, 0.15) is 6.42 Å². The van der Waals surface area contributed by atoms with Crippen LogP contribution in [0.2, 0.25) is 0 Å². The molecule has 0 aromatic heterocycles. The SMILES string of the molecule is ClC1=NCCCN1. The van der Waals surface area contributed by atoms with E-state index in [-0.39, 0.29) is 0 Å². The molecule has 1 aliphatic heterocycles. The van der Waals surface area contributed by atoms with Gasteiger partial charge in [0.1, 0.15) is 0 Å². The maximum absolute atomic E-state index is 5.46. The minimum absolute atomic E-state index is 0.561. The third-order valence-electron chi connectivity index (χ3n) is 0.856. The van der Waals surface area contributed by atoms with Gasteiger partial charge in [0.2, 0.25) is 0 Å². The number of aliphatic imine (C=N–C) groups is 1. The maximum Gasteiger partial charge on any atom is 0.191 e. The van der Waals surface area contributed by atoms with Gasteiger partial charge >= 0.3 is 0 Å². The van der Waals surface area contributed by atoms with Crippen LogP contribution in [0.4, 0.5) is 0 Å². The van der Waals surface area contributed by atoms with E-state index < -0.39 is 0 Å². The fraction of sp³-hybridized carbons (Fsp3) is 0.750. The van der Waals surface area contributed by atoms with E-state index in [1.165, 1.54) is 0 Å². The van der Waals surface area contributed by atoms with Crippen LogP contribution in [0.15, 0.2) is 4.99 Å². The van der Waals surface area contributed by atoms with Crippen molar-refractivity contribution >= 4 is 16.9 Å². The largest absolute Gasteiger partial charge is 0.361 e. The van der Waals surface area contributed by atoms with Gasteiger partial charge in [0.25, 0.3) is 0 Å². The first-order valence-electron chi connectivity index (χ1n) is 2.33. The van der Waals surface area contributed by atoms with Crippen molar-refractivity contribution in [3.63, 3.8) is 0 Å². The number of hydrogen-bond donors (Lipinski definition) is 1. The highest BCUT2D eigenvalue weighted by Crippen LogP contribution is 1.90. The van der Waals surface area contributed by atoms with Crippen LogP contribution < -0.4 is 5.32 Å². The molecule has 1 heterocycles. The zero-order valence-electron chi connectivity index (χ0n) is 3.95. The molecular formula is C4H7ClN2. The average Bonchev–Trinajstić information content (AvgIpc) is 1.69. The second-order valence-corrected chi connectivity index (χ2v) is 1.81. The Bertz CT molecular complexity index is 89.7. The summed E-state index contributed by atoms with van der Waals surface area (Å²) >= 11 is 5.46. The lowest BCUT2D eigenvalue weighted by Crippen LogP contribution is -2.24. The van der Waals surface area contributed by atoms with E-state index in [9.17, 15) is 0 Å². The quantitative estimate of drug-likeness (QED) is 0.463. The Morgan fingerprint density at radius 1 is 1.71 bits per heavy atom. The highest BCUT2D eigenvalue weighted by Gasteiger charge is 1.96. The Morgan fingerprint density at radius 2 is 2.57 bits per heavy atom. The standard InChI is InChI=1S/C4H7ClN2/c5-4-6-2-1-3-7-4/h1-3H2,(H,6,7). The van der Waals surface area contributed by atoms with Gasteiger partial charge in [-0.2, -0.15) is 0 Å². The molecule has 7 heavy (non-hydrogen) atoms. The summed E-state index contributed by atoms with van der Waals surface area (Å²) in [6.45, 7) is 1.86. The van der Waals surface area contributed by atoms with Crippen LogP contribution in [0.3, 0.4) is 0 Å². The molecule has 0 atom stereocenters. The summed E-state index contributed by atoms with van der Waals surface area (Å²) in [4.78, 5) is 3.90. The fourth-order valence-electron chi connectivity index (χ4n) is 0.504. The van der Waals surface area contributed by atoms with Crippen LogP contribution in [0.25, 0.3) is 0 Å². The van der Waals surface area contributed by atoms with E-state index in [0.29, 0.717) is 5.29 Å². The molecule has 0 bridgehead atoms. The molecule has 1 N–H and O–H groups in total. The summed E-state index contributed by atoms with van der Waals surface area (Å²) in [7, 11) is 0. The Morgan fingerprint density at radius 3 is 2.86 bits per heavy atom. The molecule has 0 aliphatic carbocycles. The van der Waals surface area contributed by atoms with E-state index in [0.717, 1.165) is 19.5 Å². The van der Waals surface area contributed by atoms with Gasteiger partial charge in [0.05, 0.1) is 0 Å². The predicted molar refractivity (Wildman–Crippen MR) is 30.8 cm³/mol. The molecule has 0 fully saturated rings. The van der Waals surface area contributed by atoms with Crippen LogP contribution in [0, 0.1) is 0 Å². The van der Waals surface area contributed by atoms with E-state index >= 15 is 0 Å². The van der Waals surface area contributed by atoms with Crippen molar-refractivity contribution in [2.45, 2.75) is 6.42 Å². The Hall–Kier alpha value is -0.240. The Balaban J connectivity index is 2.40. The van der Waals surface area contributed by atoms with Crippen molar-refractivity contribution in [3.8, 4) is 0 Å². The van der Waals surface area contributed by atoms with Crippen molar-refractivity contribution in [1.82, 2.24) is 5.32 Å². The highest BCUT2D eigenvalue weighted by atomic mass is 35.5. The van der Waals surface area contributed by atoms with Gasteiger partial charge in [-0.05, 0) is 18.0 Å². The minimum atomic E-state index is 0.561. The zero-order valence-corrected chi connectivity index (χ0v) is 4.70. The average molecular weight is 119 g/mol. The first-order valence-corrected chi connectivity index (χ1v) is 2.71. The lowest BCUT2D eigenvalue weighted by Gasteiger charge is -2.06. The number of nitrogens with one attached hydrogen (secondary N) is 1. The molecule has 1 rings (SSSR count). The molecule has 0 aromatic rings. The third kappa shape index (κ3) is 1.35. The van der Waals surface area contributed by atoms with Crippen LogP contribution in [-0.2, 0) is 0 Å². The van der Waals surface area contributed by atoms with Crippen LogP contribution >= 0.6 is 11.6 Å².